The zero-order valence-electron chi connectivity index (χ0n) is 22.4. The number of aromatic nitrogens is 1. The number of fused-ring (bicyclic) bond motifs is 3. The number of benzene rings is 6. The first-order chi connectivity index (χ1) is 20.9. The smallest absolute Gasteiger partial charge is 0.200 e. The van der Waals surface area contributed by atoms with E-state index in [1.54, 1.807) is 12.1 Å². The highest BCUT2D eigenvalue weighted by Crippen LogP contribution is 2.40. The molecule has 6 aromatic carbocycles. The number of nitrogens with zero attached hydrogens (tertiary/aromatic N) is 2. The second-order valence-corrected chi connectivity index (χ2v) is 10.1. The van der Waals surface area contributed by atoms with Gasteiger partial charge in [0, 0.05) is 33.5 Å². The van der Waals surface area contributed by atoms with Crippen LogP contribution >= 0.6 is 0 Å². The third-order valence-corrected chi connectivity index (χ3v) is 7.57. The van der Waals surface area contributed by atoms with Crippen LogP contribution in [0.3, 0.4) is 0 Å². The summed E-state index contributed by atoms with van der Waals surface area (Å²) in [5, 5.41) is 1.97. The van der Waals surface area contributed by atoms with Crippen molar-refractivity contribution in [2.24, 2.45) is 0 Å². The number of hydrogen-bond acceptors (Lipinski definition) is 1. The zero-order valence-corrected chi connectivity index (χ0v) is 22.4. The molecule has 7 rings (SSSR count). The van der Waals surface area contributed by atoms with Crippen molar-refractivity contribution in [3.05, 3.63) is 156 Å². The minimum atomic E-state index is -2.18. The van der Waals surface area contributed by atoms with Crippen LogP contribution < -0.4 is 4.90 Å². The molecule has 0 atom stereocenters. The fourth-order valence-electron chi connectivity index (χ4n) is 5.62. The molecule has 0 fully saturated rings. The van der Waals surface area contributed by atoms with Crippen molar-refractivity contribution < 1.29 is 22.0 Å². The van der Waals surface area contributed by atoms with Gasteiger partial charge in [0.05, 0.1) is 16.6 Å². The predicted octanol–water partition coefficient (Wildman–Crippen LogP) is 10.6. The van der Waals surface area contributed by atoms with Gasteiger partial charge in [-0.25, -0.2) is 22.0 Å². The minimum Gasteiger partial charge on any atom is -0.310 e. The summed E-state index contributed by atoms with van der Waals surface area (Å²) < 4.78 is 72.4. The molecule has 7 aromatic rings. The maximum absolute atomic E-state index is 14.5. The number of hydrogen-bond donors (Lipinski definition) is 0. The van der Waals surface area contributed by atoms with Gasteiger partial charge in [0.15, 0.2) is 23.3 Å². The molecule has 1 aromatic heterocycles. The van der Waals surface area contributed by atoms with E-state index in [0.29, 0.717) is 5.69 Å². The Labute approximate surface area is 243 Å². The van der Waals surface area contributed by atoms with Gasteiger partial charge < -0.3 is 9.47 Å². The molecule has 43 heavy (non-hydrogen) atoms. The van der Waals surface area contributed by atoms with Gasteiger partial charge in [-0.1, -0.05) is 66.7 Å². The van der Waals surface area contributed by atoms with Crippen molar-refractivity contribution in [3.63, 3.8) is 0 Å². The van der Waals surface area contributed by atoms with Gasteiger partial charge >= 0.3 is 0 Å². The summed E-state index contributed by atoms with van der Waals surface area (Å²) in [4.78, 5) is 2.17. The maximum Gasteiger partial charge on any atom is 0.200 e. The van der Waals surface area contributed by atoms with Gasteiger partial charge in [-0.2, -0.15) is 0 Å². The monoisotopic (exact) mass is 576 g/mol. The second-order valence-electron chi connectivity index (χ2n) is 10.1. The fourth-order valence-corrected chi connectivity index (χ4v) is 5.62. The molecule has 0 amide bonds. The summed E-state index contributed by atoms with van der Waals surface area (Å²) >= 11 is 0. The Morgan fingerprint density at radius 3 is 1.53 bits per heavy atom. The van der Waals surface area contributed by atoms with Crippen LogP contribution in [0.2, 0.25) is 0 Å². The van der Waals surface area contributed by atoms with Crippen molar-refractivity contribution in [2.75, 3.05) is 4.90 Å². The highest BCUT2D eigenvalue weighted by Gasteiger charge is 2.26. The Kier molecular flexibility index (Phi) is 6.43. The molecule has 0 unspecified atom stereocenters. The Hall–Kier alpha value is -5.43. The molecular weight excluding hydrogens is 555 g/mol. The van der Waals surface area contributed by atoms with Gasteiger partial charge in [0.1, 0.15) is 0 Å². The zero-order chi connectivity index (χ0) is 29.7. The average molecular weight is 577 g/mol. The van der Waals surface area contributed by atoms with Crippen LogP contribution in [-0.4, -0.2) is 4.57 Å². The topological polar surface area (TPSA) is 8.17 Å². The molecule has 1 heterocycles. The van der Waals surface area contributed by atoms with E-state index in [0.717, 1.165) is 38.9 Å². The molecule has 0 N–H and O–H groups in total. The van der Waals surface area contributed by atoms with Crippen molar-refractivity contribution in [1.82, 2.24) is 4.57 Å². The molecule has 0 aliphatic rings. The molecule has 7 heteroatoms. The van der Waals surface area contributed by atoms with E-state index in [-0.39, 0.29) is 5.56 Å². The van der Waals surface area contributed by atoms with Crippen molar-refractivity contribution in [1.29, 1.82) is 0 Å². The van der Waals surface area contributed by atoms with Crippen molar-refractivity contribution in [2.45, 2.75) is 0 Å². The quantitative estimate of drug-likeness (QED) is 0.112. The van der Waals surface area contributed by atoms with E-state index in [1.165, 1.54) is 12.1 Å². The second kappa shape index (κ2) is 10.4. The lowest BCUT2D eigenvalue weighted by Crippen LogP contribution is -2.09. The SMILES string of the molecule is Fc1c(F)c(F)c(-c2ccc(-n3c4ccccc4c4cc(N(c5ccccc5)c5ccccc5)ccc43)cc2)c(F)c1F. The first kappa shape index (κ1) is 26.5. The van der Waals surface area contributed by atoms with Crippen LogP contribution in [0.15, 0.2) is 127 Å². The van der Waals surface area contributed by atoms with E-state index in [4.69, 9.17) is 0 Å². The summed E-state index contributed by atoms with van der Waals surface area (Å²) in [5.74, 6) is -9.87. The van der Waals surface area contributed by atoms with Crippen LogP contribution in [0, 0.1) is 29.1 Å². The summed E-state index contributed by atoms with van der Waals surface area (Å²) in [7, 11) is 0. The molecule has 0 spiro atoms. The maximum atomic E-state index is 14.5. The largest absolute Gasteiger partial charge is 0.310 e. The first-order valence-electron chi connectivity index (χ1n) is 13.5. The van der Waals surface area contributed by atoms with E-state index >= 15 is 0 Å². The molecule has 2 nitrogen and oxygen atoms in total. The summed E-state index contributed by atoms with van der Waals surface area (Å²) in [6, 6.07) is 40.1. The minimum absolute atomic E-state index is 0.124. The van der Waals surface area contributed by atoms with E-state index in [9.17, 15) is 22.0 Å². The Balaban J connectivity index is 1.39. The summed E-state index contributed by atoms with van der Waals surface area (Å²) in [6.45, 7) is 0. The lowest BCUT2D eigenvalue weighted by Gasteiger charge is -2.25. The lowest BCUT2D eigenvalue weighted by atomic mass is 10.0. The highest BCUT2D eigenvalue weighted by atomic mass is 19.2. The number of para-hydroxylation sites is 3. The van der Waals surface area contributed by atoms with Crippen LogP contribution in [0.4, 0.5) is 39.0 Å². The van der Waals surface area contributed by atoms with Crippen LogP contribution in [-0.2, 0) is 0 Å². The molecule has 0 aliphatic heterocycles. The van der Waals surface area contributed by atoms with E-state index in [2.05, 4.69) is 11.0 Å². The fraction of sp³-hybridized carbons (Fsp3) is 0. The van der Waals surface area contributed by atoms with Gasteiger partial charge in [-0.05, 0) is 66.2 Å². The van der Waals surface area contributed by atoms with Gasteiger partial charge in [0.25, 0.3) is 0 Å². The van der Waals surface area contributed by atoms with E-state index in [1.807, 2.05) is 102 Å². The third-order valence-electron chi connectivity index (χ3n) is 7.57. The molecule has 0 saturated carbocycles. The van der Waals surface area contributed by atoms with Crippen LogP contribution in [0.1, 0.15) is 0 Å². The summed E-state index contributed by atoms with van der Waals surface area (Å²) in [6.07, 6.45) is 0. The number of anilines is 3. The third kappa shape index (κ3) is 4.32. The first-order valence-corrected chi connectivity index (χ1v) is 13.5. The Bertz CT molecular complexity index is 2050. The Morgan fingerprint density at radius 1 is 0.419 bits per heavy atom. The molecule has 210 valence electrons. The highest BCUT2D eigenvalue weighted by molar-refractivity contribution is 6.10. The van der Waals surface area contributed by atoms with Gasteiger partial charge in [-0.15, -0.1) is 0 Å². The van der Waals surface area contributed by atoms with Crippen LogP contribution in [0.25, 0.3) is 38.6 Å². The van der Waals surface area contributed by atoms with Crippen molar-refractivity contribution in [3.8, 4) is 16.8 Å². The Morgan fingerprint density at radius 2 is 0.930 bits per heavy atom. The lowest BCUT2D eigenvalue weighted by molar-refractivity contribution is 0.381. The van der Waals surface area contributed by atoms with E-state index < -0.39 is 34.6 Å². The standard InChI is InChI=1S/C36H21F5N2/c37-32-31(33(38)35(40)36(41)34(32)39)22-15-17-25(18-16-22)43-29-14-8-7-13-27(29)28-21-26(19-20-30(28)43)42(23-9-3-1-4-10-23)24-11-5-2-6-12-24/h1-21H. The molecular formula is C36H21F5N2. The van der Waals surface area contributed by atoms with Gasteiger partial charge in [0.2, 0.25) is 5.82 Å². The molecule has 0 radical (unpaired) electrons. The average Bonchev–Trinajstić information content (AvgIpc) is 3.38. The predicted molar refractivity (Wildman–Crippen MR) is 161 cm³/mol. The summed E-state index contributed by atoms with van der Waals surface area (Å²) in [5.41, 5.74) is 4.31. The number of halogens is 5. The number of rotatable bonds is 5. The van der Waals surface area contributed by atoms with Crippen LogP contribution in [0.5, 0.6) is 0 Å². The molecule has 0 saturated heterocycles. The molecule has 0 aliphatic carbocycles. The normalized spacial score (nSPS) is 11.4. The van der Waals surface area contributed by atoms with Gasteiger partial charge in [-0.3, -0.25) is 0 Å². The van der Waals surface area contributed by atoms with Crippen molar-refractivity contribution >= 4 is 38.9 Å². The molecule has 0 bridgehead atoms.